The number of hydrogen-bond donors (Lipinski definition) is 2. The van der Waals surface area contributed by atoms with Crippen molar-refractivity contribution in [2.45, 2.75) is 63.8 Å². The van der Waals surface area contributed by atoms with Gasteiger partial charge in [0.05, 0.1) is 13.7 Å². The molecule has 0 saturated heterocycles. The maximum atomic E-state index is 11.1. The minimum atomic E-state index is -1.27. The minimum absolute atomic E-state index is 0.00671. The monoisotopic (exact) mass is 254 g/mol. The van der Waals surface area contributed by atoms with Crippen LogP contribution in [0.5, 0.6) is 0 Å². The van der Waals surface area contributed by atoms with Crippen molar-refractivity contribution >= 4 is 8.07 Å². The van der Waals surface area contributed by atoms with Crippen LogP contribution in [0.1, 0.15) is 38.5 Å². The van der Waals surface area contributed by atoms with Crippen molar-refractivity contribution in [3.63, 3.8) is 0 Å². The number of aliphatic hydroxyl groups excluding tert-OH is 1. The van der Waals surface area contributed by atoms with Crippen LogP contribution in [-0.4, -0.2) is 30.5 Å². The predicted molar refractivity (Wildman–Crippen MR) is 73.6 cm³/mol. The molecule has 3 heteroatoms. The van der Waals surface area contributed by atoms with E-state index in [4.69, 9.17) is 0 Å². The number of rotatable bonds is 3. The summed E-state index contributed by atoms with van der Waals surface area (Å²) in [6.45, 7) is 7.18. The summed E-state index contributed by atoms with van der Waals surface area (Å²) >= 11 is 0. The summed E-state index contributed by atoms with van der Waals surface area (Å²) in [5.74, 6) is 0. The number of hydrogen-bond acceptors (Lipinski definition) is 2. The van der Waals surface area contributed by atoms with Gasteiger partial charge in [0, 0.05) is 12.0 Å². The molecule has 0 radical (unpaired) electrons. The first-order valence-electron chi connectivity index (χ1n) is 6.88. The van der Waals surface area contributed by atoms with Crippen LogP contribution in [-0.2, 0) is 0 Å². The Kier molecular flexibility index (Phi) is 3.30. The van der Waals surface area contributed by atoms with Crippen LogP contribution in [0.25, 0.3) is 0 Å². The first-order valence-corrected chi connectivity index (χ1v) is 10.5. The molecule has 2 aliphatic rings. The average molecular weight is 254 g/mol. The smallest absolute Gasteiger partial charge is 0.0910 e. The summed E-state index contributed by atoms with van der Waals surface area (Å²) < 4.78 is 0. The molecule has 2 rings (SSSR count). The van der Waals surface area contributed by atoms with Crippen LogP contribution in [0.15, 0.2) is 11.3 Å². The van der Waals surface area contributed by atoms with Crippen molar-refractivity contribution in [3.8, 4) is 0 Å². The lowest BCUT2D eigenvalue weighted by molar-refractivity contribution is -0.0220. The molecule has 0 spiro atoms. The molecule has 0 unspecified atom stereocenters. The molecule has 2 nitrogen and oxygen atoms in total. The highest BCUT2D eigenvalue weighted by Gasteiger charge is 2.58. The lowest BCUT2D eigenvalue weighted by Gasteiger charge is -2.37. The van der Waals surface area contributed by atoms with Crippen LogP contribution in [0.2, 0.25) is 19.6 Å². The Morgan fingerprint density at radius 3 is 2.53 bits per heavy atom. The van der Waals surface area contributed by atoms with Crippen molar-refractivity contribution in [3.05, 3.63) is 11.3 Å². The van der Waals surface area contributed by atoms with Crippen molar-refractivity contribution < 1.29 is 10.2 Å². The van der Waals surface area contributed by atoms with Gasteiger partial charge in [-0.15, -0.1) is 0 Å². The van der Waals surface area contributed by atoms with E-state index in [1.807, 2.05) is 0 Å². The Balaban J connectivity index is 2.33. The lowest BCUT2D eigenvalue weighted by atomic mass is 9.74. The standard InChI is InChI=1S/C14H26O2Si/c1-17(2,3)11-12-5-8-13(9-10-15)6-4-7-14(12,13)16/h11,15-16H,4-10H2,1-3H3/b12-11+/t13-,14-/m0/s1. The zero-order valence-electron chi connectivity index (χ0n) is 11.4. The Labute approximate surface area is 106 Å². The topological polar surface area (TPSA) is 40.5 Å². The molecular weight excluding hydrogens is 228 g/mol. The summed E-state index contributed by atoms with van der Waals surface area (Å²) in [6.07, 6.45) is 5.99. The molecule has 0 heterocycles. The second-order valence-corrected chi connectivity index (χ2v) is 12.0. The molecule has 0 aliphatic heterocycles. The van der Waals surface area contributed by atoms with Gasteiger partial charge in [0.15, 0.2) is 0 Å². The average Bonchev–Trinajstić information content (AvgIpc) is 2.61. The van der Waals surface area contributed by atoms with Gasteiger partial charge in [-0.3, -0.25) is 0 Å². The first-order chi connectivity index (χ1) is 7.83. The fourth-order valence-corrected chi connectivity index (χ4v) is 5.38. The van der Waals surface area contributed by atoms with E-state index in [2.05, 4.69) is 25.3 Å². The molecule has 2 fully saturated rings. The van der Waals surface area contributed by atoms with Gasteiger partial charge in [-0.05, 0) is 44.1 Å². The van der Waals surface area contributed by atoms with E-state index in [0.717, 1.165) is 38.5 Å². The van der Waals surface area contributed by atoms with Gasteiger partial charge in [0.25, 0.3) is 0 Å². The quantitative estimate of drug-likeness (QED) is 0.760. The van der Waals surface area contributed by atoms with Gasteiger partial charge >= 0.3 is 0 Å². The Morgan fingerprint density at radius 2 is 1.94 bits per heavy atom. The van der Waals surface area contributed by atoms with E-state index in [1.165, 1.54) is 5.57 Å². The number of fused-ring (bicyclic) bond motifs is 1. The molecule has 0 bridgehead atoms. The van der Waals surface area contributed by atoms with E-state index in [1.54, 1.807) is 0 Å². The zero-order valence-corrected chi connectivity index (χ0v) is 12.4. The van der Waals surface area contributed by atoms with Gasteiger partial charge in [-0.2, -0.15) is 0 Å². The van der Waals surface area contributed by atoms with E-state index in [-0.39, 0.29) is 12.0 Å². The zero-order chi connectivity index (χ0) is 12.7. The lowest BCUT2D eigenvalue weighted by Crippen LogP contribution is -2.41. The van der Waals surface area contributed by atoms with Crippen LogP contribution in [0.3, 0.4) is 0 Å². The van der Waals surface area contributed by atoms with Crippen molar-refractivity contribution in [2.75, 3.05) is 6.61 Å². The highest BCUT2D eigenvalue weighted by atomic mass is 28.3. The van der Waals surface area contributed by atoms with Crippen LogP contribution < -0.4 is 0 Å². The van der Waals surface area contributed by atoms with Crippen molar-refractivity contribution in [2.24, 2.45) is 5.41 Å². The van der Waals surface area contributed by atoms with E-state index in [9.17, 15) is 10.2 Å². The molecule has 0 aromatic heterocycles. The SMILES string of the molecule is C[Si](C)(C)/C=C1\CC[C@]2(CCO)CCC[C@]12O. The minimum Gasteiger partial charge on any atom is -0.396 e. The molecule has 0 amide bonds. The van der Waals surface area contributed by atoms with Crippen molar-refractivity contribution in [1.82, 2.24) is 0 Å². The first kappa shape index (κ1) is 13.3. The molecule has 2 saturated carbocycles. The highest BCUT2D eigenvalue weighted by molar-refractivity contribution is 6.81. The predicted octanol–water partition coefficient (Wildman–Crippen LogP) is 2.87. The van der Waals surface area contributed by atoms with Crippen LogP contribution in [0.4, 0.5) is 0 Å². The van der Waals surface area contributed by atoms with Gasteiger partial charge in [0.2, 0.25) is 0 Å². The fourth-order valence-electron chi connectivity index (χ4n) is 3.95. The second kappa shape index (κ2) is 4.21. The molecule has 2 atom stereocenters. The molecular formula is C14H26O2Si. The largest absolute Gasteiger partial charge is 0.396 e. The molecule has 2 N–H and O–H groups in total. The van der Waals surface area contributed by atoms with Crippen molar-refractivity contribution in [1.29, 1.82) is 0 Å². The van der Waals surface area contributed by atoms with Gasteiger partial charge in [-0.25, -0.2) is 0 Å². The van der Waals surface area contributed by atoms with Crippen LogP contribution >= 0.6 is 0 Å². The third-order valence-corrected chi connectivity index (χ3v) is 5.89. The fraction of sp³-hybridized carbons (Fsp3) is 0.857. The van der Waals surface area contributed by atoms with Gasteiger partial charge < -0.3 is 10.2 Å². The van der Waals surface area contributed by atoms with E-state index >= 15 is 0 Å². The summed E-state index contributed by atoms with van der Waals surface area (Å²) in [5, 5.41) is 20.4. The summed E-state index contributed by atoms with van der Waals surface area (Å²) in [6, 6.07) is 0. The maximum Gasteiger partial charge on any atom is 0.0910 e. The molecule has 0 aromatic carbocycles. The maximum absolute atomic E-state index is 11.1. The van der Waals surface area contributed by atoms with Gasteiger partial charge in [-0.1, -0.05) is 25.3 Å². The highest BCUT2D eigenvalue weighted by Crippen LogP contribution is 2.61. The molecule has 0 aromatic rings. The second-order valence-electron chi connectivity index (χ2n) is 7.00. The third kappa shape index (κ3) is 2.13. The third-order valence-electron chi connectivity index (χ3n) is 4.67. The Morgan fingerprint density at radius 1 is 1.24 bits per heavy atom. The summed E-state index contributed by atoms with van der Waals surface area (Å²) in [4.78, 5) is 0. The molecule has 98 valence electrons. The molecule has 17 heavy (non-hydrogen) atoms. The number of aliphatic hydroxyl groups is 2. The Hall–Kier alpha value is -0.123. The van der Waals surface area contributed by atoms with Gasteiger partial charge in [0.1, 0.15) is 0 Å². The Bertz CT molecular complexity index is 332. The summed E-state index contributed by atoms with van der Waals surface area (Å²) in [5.41, 5.74) is 3.10. The van der Waals surface area contributed by atoms with E-state index in [0.29, 0.717) is 0 Å². The van der Waals surface area contributed by atoms with E-state index < -0.39 is 13.7 Å². The summed E-state index contributed by atoms with van der Waals surface area (Å²) in [7, 11) is -1.27. The van der Waals surface area contributed by atoms with Crippen LogP contribution in [0, 0.1) is 5.41 Å². The molecule has 2 aliphatic carbocycles. The normalized spacial score (nSPS) is 39.9.